The van der Waals surface area contributed by atoms with Crippen LogP contribution in [-0.2, 0) is 21.8 Å². The van der Waals surface area contributed by atoms with E-state index in [0.717, 1.165) is 61.4 Å². The Kier molecular flexibility index (Phi) is 16.0. The van der Waals surface area contributed by atoms with E-state index in [0.29, 0.717) is 49.7 Å². The molecule has 0 heterocycles. The summed E-state index contributed by atoms with van der Waals surface area (Å²) in [7, 11) is -4.42. The standard InChI is InChI=1S/C40H35F23O2S/c1-3-5-8-12-24-16-20-27(21-17-24)66(26-14-10-7-11-15-26,28-22-18-25(19-23-28)13-9-6-4-2)65-29(64)30(41,42)31(43,44)32(45,46)33(47,48)34(49,50)35(51,52)36(53,54)37(55,56)38(57,58)39(59,60)40(61,62)63/h7,10-11,14-23H,3-6,8-9,12-13H2,1-2H3. The summed E-state index contributed by atoms with van der Waals surface area (Å²) in [5.41, 5.74) is 1.03. The third-order valence-electron chi connectivity index (χ3n) is 10.1. The van der Waals surface area contributed by atoms with Crippen LogP contribution >= 0.6 is 10.3 Å². The van der Waals surface area contributed by atoms with Gasteiger partial charge in [0, 0.05) is 14.7 Å². The minimum atomic E-state index is -9.56. The van der Waals surface area contributed by atoms with Crippen LogP contribution in [0.4, 0.5) is 101 Å². The zero-order valence-corrected chi connectivity index (χ0v) is 34.4. The van der Waals surface area contributed by atoms with Gasteiger partial charge < -0.3 is 4.18 Å². The molecule has 0 saturated carbocycles. The molecule has 66 heavy (non-hydrogen) atoms. The molecule has 0 unspecified atom stereocenters. The van der Waals surface area contributed by atoms with Crippen molar-refractivity contribution in [2.75, 3.05) is 0 Å². The molecule has 0 radical (unpaired) electrons. The second kappa shape index (κ2) is 18.8. The summed E-state index contributed by atoms with van der Waals surface area (Å²) in [4.78, 5) is 12.0. The van der Waals surface area contributed by atoms with E-state index in [1.807, 2.05) is 13.8 Å². The van der Waals surface area contributed by atoms with Gasteiger partial charge in [-0.15, -0.1) is 0 Å². The topological polar surface area (TPSA) is 26.3 Å². The molecule has 0 fully saturated rings. The highest BCUT2D eigenvalue weighted by molar-refractivity contribution is 8.30. The molecule has 0 bridgehead atoms. The van der Waals surface area contributed by atoms with Crippen LogP contribution in [0.3, 0.4) is 0 Å². The maximum atomic E-state index is 15.7. The molecule has 0 saturated heterocycles. The molecule has 0 atom stereocenters. The van der Waals surface area contributed by atoms with Gasteiger partial charge in [0.05, 0.1) is 0 Å². The van der Waals surface area contributed by atoms with Gasteiger partial charge in [-0.1, -0.05) is 82.0 Å². The molecule has 3 rings (SSSR count). The van der Waals surface area contributed by atoms with Crippen LogP contribution in [0.25, 0.3) is 0 Å². The monoisotopic (exact) mass is 1020 g/mol. The number of alkyl halides is 23. The van der Waals surface area contributed by atoms with E-state index in [1.165, 1.54) is 30.3 Å². The number of unbranched alkanes of at least 4 members (excludes halogenated alkanes) is 4. The molecule has 0 aliphatic carbocycles. The number of rotatable bonds is 22. The van der Waals surface area contributed by atoms with Crippen molar-refractivity contribution < 1.29 is 110 Å². The van der Waals surface area contributed by atoms with Crippen LogP contribution in [-0.4, -0.2) is 71.4 Å². The van der Waals surface area contributed by atoms with Crippen molar-refractivity contribution in [2.24, 2.45) is 0 Å². The fourth-order valence-electron chi connectivity index (χ4n) is 6.07. The average Bonchev–Trinajstić information content (AvgIpc) is 3.22. The number of halogens is 23. The Labute approximate surface area is 361 Å². The molecule has 2 nitrogen and oxygen atoms in total. The van der Waals surface area contributed by atoms with Crippen molar-refractivity contribution >= 4 is 16.3 Å². The first-order valence-corrected chi connectivity index (χ1v) is 20.5. The van der Waals surface area contributed by atoms with Crippen molar-refractivity contribution in [1.82, 2.24) is 0 Å². The quantitative estimate of drug-likeness (QED) is 0.0741. The van der Waals surface area contributed by atoms with Crippen LogP contribution in [0.1, 0.15) is 63.5 Å². The number of aryl methyl sites for hydroxylation is 2. The fraction of sp³-hybridized carbons (Fsp3) is 0.525. The van der Waals surface area contributed by atoms with E-state index >= 15 is 26.3 Å². The lowest BCUT2D eigenvalue weighted by Crippen LogP contribution is -2.78. The summed E-state index contributed by atoms with van der Waals surface area (Å²) in [5, 5.41) is 0. The molecule has 0 amide bonds. The Morgan fingerprint density at radius 2 is 0.682 bits per heavy atom. The highest BCUT2D eigenvalue weighted by Gasteiger charge is 2.99. The SMILES string of the molecule is CCCCCc1ccc(S(OC(=O)C(F)(F)C(F)(F)C(F)(F)C(F)(F)C(F)(F)C(F)(F)C(F)(F)C(F)(F)C(F)(F)C(F)(F)C(F)(F)F)(c2ccccc2)c2ccc(CCCCC)cc2)cc1. The normalized spacial score (nSPS) is 14.9. The highest BCUT2D eigenvalue weighted by atomic mass is 32.3. The van der Waals surface area contributed by atoms with Crippen molar-refractivity contribution in [3.63, 3.8) is 0 Å². The first-order chi connectivity index (χ1) is 29.8. The van der Waals surface area contributed by atoms with Gasteiger partial charge in [-0.3, -0.25) is 0 Å². The molecule has 3 aromatic rings. The number of carbonyl (C=O) groups excluding carboxylic acids is 1. The van der Waals surface area contributed by atoms with Gasteiger partial charge in [-0.05, 0) is 83.5 Å². The number of hydrogen-bond donors (Lipinski definition) is 0. The van der Waals surface area contributed by atoms with E-state index in [9.17, 15) is 79.4 Å². The van der Waals surface area contributed by atoms with Gasteiger partial charge in [-0.25, -0.2) is 4.79 Å². The van der Waals surface area contributed by atoms with Crippen molar-refractivity contribution in [1.29, 1.82) is 0 Å². The second-order valence-electron chi connectivity index (χ2n) is 14.7. The fourth-order valence-corrected chi connectivity index (χ4v) is 9.08. The maximum Gasteiger partial charge on any atom is 0.460 e. The van der Waals surface area contributed by atoms with Gasteiger partial charge in [-0.2, -0.15) is 101 Å². The highest BCUT2D eigenvalue weighted by Crippen LogP contribution is 2.71. The number of benzene rings is 3. The zero-order chi connectivity index (χ0) is 51.0. The van der Waals surface area contributed by atoms with Gasteiger partial charge in [0.15, 0.2) is 0 Å². The molecule has 3 aromatic carbocycles. The largest absolute Gasteiger partial charge is 0.460 e. The van der Waals surface area contributed by atoms with E-state index in [4.69, 9.17) is 4.18 Å². The molecule has 374 valence electrons. The van der Waals surface area contributed by atoms with Gasteiger partial charge in [0.2, 0.25) is 0 Å². The first-order valence-electron chi connectivity index (χ1n) is 19.0. The Morgan fingerprint density at radius 1 is 0.394 bits per heavy atom. The molecule has 0 aliphatic heterocycles. The van der Waals surface area contributed by atoms with Gasteiger partial charge in [0.25, 0.3) is 0 Å². The summed E-state index contributed by atoms with van der Waals surface area (Å²) in [5.74, 6) is -94.5. The molecular weight excluding hydrogens is 981 g/mol. The lowest BCUT2D eigenvalue weighted by molar-refractivity contribution is -0.477. The third kappa shape index (κ3) is 8.88. The molecular formula is C40H35F23O2S. The van der Waals surface area contributed by atoms with Crippen LogP contribution in [0, 0.1) is 0 Å². The van der Waals surface area contributed by atoms with Gasteiger partial charge >= 0.3 is 71.4 Å². The van der Waals surface area contributed by atoms with Crippen molar-refractivity contribution in [3.8, 4) is 0 Å². The second-order valence-corrected chi connectivity index (χ2v) is 17.4. The van der Waals surface area contributed by atoms with Crippen molar-refractivity contribution in [2.45, 2.75) is 145 Å². The van der Waals surface area contributed by atoms with Crippen LogP contribution in [0.2, 0.25) is 0 Å². The summed E-state index contributed by atoms with van der Waals surface area (Å²) >= 11 is 0. The van der Waals surface area contributed by atoms with Crippen LogP contribution in [0.5, 0.6) is 0 Å². The van der Waals surface area contributed by atoms with E-state index < -0.39 is 96.4 Å². The van der Waals surface area contributed by atoms with E-state index in [1.54, 1.807) is 0 Å². The smallest absolute Gasteiger partial charge is 0.397 e. The zero-order valence-electron chi connectivity index (χ0n) is 33.6. The molecule has 0 aromatic heterocycles. The lowest BCUT2D eigenvalue weighted by atomic mass is 9.85. The molecule has 0 aliphatic rings. The summed E-state index contributed by atoms with van der Waals surface area (Å²) in [6, 6.07) is 15.1. The Hall–Kier alpha value is -4.13. The minimum Gasteiger partial charge on any atom is -0.397 e. The lowest BCUT2D eigenvalue weighted by Gasteiger charge is -2.45. The van der Waals surface area contributed by atoms with Crippen LogP contribution < -0.4 is 0 Å². The predicted molar refractivity (Wildman–Crippen MR) is 190 cm³/mol. The number of hydrogen-bond acceptors (Lipinski definition) is 2. The van der Waals surface area contributed by atoms with E-state index in [2.05, 4.69) is 0 Å². The van der Waals surface area contributed by atoms with Crippen LogP contribution in [0.15, 0.2) is 93.5 Å². The first kappa shape index (κ1) is 56.2. The average molecular weight is 1020 g/mol. The molecule has 0 spiro atoms. The summed E-state index contributed by atoms with van der Waals surface area (Å²) in [6.07, 6.45) is -3.42. The summed E-state index contributed by atoms with van der Waals surface area (Å²) < 4.78 is 332. The Bertz CT molecular complexity index is 2030. The molecule has 0 N–H and O–H groups in total. The number of carbonyl (C=O) groups is 1. The third-order valence-corrected chi connectivity index (χ3v) is 13.3. The predicted octanol–water partition coefficient (Wildman–Crippen LogP) is 15.8. The Morgan fingerprint density at radius 3 is 0.985 bits per heavy atom. The summed E-state index contributed by atoms with van der Waals surface area (Å²) in [6.45, 7) is 3.70. The van der Waals surface area contributed by atoms with Gasteiger partial charge in [0.1, 0.15) is 0 Å². The van der Waals surface area contributed by atoms with Crippen molar-refractivity contribution in [3.05, 3.63) is 90.0 Å². The van der Waals surface area contributed by atoms with E-state index in [-0.39, 0.29) is 0 Å². The molecule has 26 heteroatoms. The maximum absolute atomic E-state index is 15.7. The minimum absolute atomic E-state index is 0.358. The Balaban J connectivity index is 2.27.